The van der Waals surface area contributed by atoms with Gasteiger partial charge in [0, 0.05) is 18.8 Å². The molecule has 0 aliphatic carbocycles. The average Bonchev–Trinajstić information content (AvgIpc) is 2.92. The molecule has 0 radical (unpaired) electrons. The molecule has 0 bridgehead atoms. The molecule has 0 fully saturated rings. The Morgan fingerprint density at radius 3 is 2.94 bits per heavy atom. The van der Waals surface area contributed by atoms with Gasteiger partial charge in [-0.3, -0.25) is 9.89 Å². The summed E-state index contributed by atoms with van der Waals surface area (Å²) >= 11 is 0. The number of nitrogens with one attached hydrogen (secondary N) is 3. The molecule has 2 aromatic heterocycles. The molecule has 0 aliphatic rings. The number of rotatable bonds is 4. The highest BCUT2D eigenvalue weighted by Crippen LogP contribution is 2.11. The molecule has 0 saturated carbocycles. The lowest BCUT2D eigenvalue weighted by Gasteiger charge is -2.11. The van der Waals surface area contributed by atoms with Crippen molar-refractivity contribution in [1.82, 2.24) is 20.5 Å². The van der Waals surface area contributed by atoms with E-state index in [0.29, 0.717) is 11.5 Å². The monoisotopic (exact) mass is 245 g/mol. The van der Waals surface area contributed by atoms with Gasteiger partial charge in [0.05, 0.1) is 12.2 Å². The van der Waals surface area contributed by atoms with Crippen LogP contribution in [0.15, 0.2) is 30.6 Å². The second kappa shape index (κ2) is 5.31. The van der Waals surface area contributed by atoms with E-state index in [1.54, 1.807) is 37.6 Å². The van der Waals surface area contributed by atoms with Crippen LogP contribution in [0, 0.1) is 0 Å². The summed E-state index contributed by atoms with van der Waals surface area (Å²) in [6.45, 7) is 1.89. The van der Waals surface area contributed by atoms with E-state index in [0.717, 1.165) is 5.56 Å². The Morgan fingerprint density at radius 1 is 1.44 bits per heavy atom. The van der Waals surface area contributed by atoms with Crippen molar-refractivity contribution in [3.05, 3.63) is 41.9 Å². The fraction of sp³-hybridized carbons (Fsp3) is 0.250. The third-order valence-corrected chi connectivity index (χ3v) is 2.60. The lowest BCUT2D eigenvalue weighted by molar-refractivity contribution is 0.0935. The molecule has 6 heteroatoms. The van der Waals surface area contributed by atoms with Crippen LogP contribution in [0.4, 0.5) is 5.82 Å². The minimum Gasteiger partial charge on any atom is -0.373 e. The third kappa shape index (κ3) is 2.65. The topological polar surface area (TPSA) is 82.7 Å². The SMILES string of the molecule is CNc1cccc(C(=O)NC(C)c2cn[nH]c2)n1. The molecule has 2 heterocycles. The molecule has 1 unspecified atom stereocenters. The van der Waals surface area contributed by atoms with E-state index in [1.807, 2.05) is 6.92 Å². The van der Waals surface area contributed by atoms with Crippen molar-refractivity contribution in [3.8, 4) is 0 Å². The molecule has 2 aromatic rings. The summed E-state index contributed by atoms with van der Waals surface area (Å²) in [5, 5.41) is 12.3. The highest BCUT2D eigenvalue weighted by Gasteiger charge is 2.13. The van der Waals surface area contributed by atoms with Crippen LogP contribution in [0.5, 0.6) is 0 Å². The Labute approximate surface area is 105 Å². The first-order chi connectivity index (χ1) is 8.70. The van der Waals surface area contributed by atoms with Crippen LogP contribution < -0.4 is 10.6 Å². The molecule has 2 rings (SSSR count). The second-order valence-electron chi connectivity index (χ2n) is 3.88. The maximum absolute atomic E-state index is 12.0. The zero-order valence-electron chi connectivity index (χ0n) is 10.3. The van der Waals surface area contributed by atoms with Gasteiger partial charge in [-0.15, -0.1) is 0 Å². The Morgan fingerprint density at radius 2 is 2.28 bits per heavy atom. The van der Waals surface area contributed by atoms with E-state index in [1.165, 1.54) is 0 Å². The van der Waals surface area contributed by atoms with Crippen LogP contribution in [-0.4, -0.2) is 28.1 Å². The van der Waals surface area contributed by atoms with Gasteiger partial charge >= 0.3 is 0 Å². The highest BCUT2D eigenvalue weighted by molar-refractivity contribution is 5.92. The third-order valence-electron chi connectivity index (χ3n) is 2.60. The molecular formula is C12H15N5O. The van der Waals surface area contributed by atoms with E-state index < -0.39 is 0 Å². The Bertz CT molecular complexity index is 523. The number of carbonyl (C=O) groups is 1. The molecule has 6 nitrogen and oxygen atoms in total. The minimum atomic E-state index is -0.208. The molecule has 3 N–H and O–H groups in total. The lowest BCUT2D eigenvalue weighted by Crippen LogP contribution is -2.27. The Hall–Kier alpha value is -2.37. The van der Waals surface area contributed by atoms with E-state index in [2.05, 4.69) is 25.8 Å². The van der Waals surface area contributed by atoms with Gasteiger partial charge in [-0.05, 0) is 19.1 Å². The van der Waals surface area contributed by atoms with E-state index in [-0.39, 0.29) is 11.9 Å². The fourth-order valence-electron chi connectivity index (χ4n) is 1.55. The number of hydrogen-bond acceptors (Lipinski definition) is 4. The summed E-state index contributed by atoms with van der Waals surface area (Å²) in [6, 6.07) is 5.15. The normalized spacial score (nSPS) is 11.9. The number of hydrogen-bond donors (Lipinski definition) is 3. The van der Waals surface area contributed by atoms with Crippen LogP contribution in [0.3, 0.4) is 0 Å². The fourth-order valence-corrected chi connectivity index (χ4v) is 1.55. The van der Waals surface area contributed by atoms with E-state index in [9.17, 15) is 4.79 Å². The molecule has 18 heavy (non-hydrogen) atoms. The molecule has 0 saturated heterocycles. The number of amides is 1. The molecule has 0 aromatic carbocycles. The molecule has 94 valence electrons. The van der Waals surface area contributed by atoms with Crippen LogP contribution in [0.2, 0.25) is 0 Å². The van der Waals surface area contributed by atoms with Crippen molar-refractivity contribution in [2.75, 3.05) is 12.4 Å². The number of pyridine rings is 1. The molecule has 1 atom stereocenters. The maximum atomic E-state index is 12.0. The van der Waals surface area contributed by atoms with Crippen LogP contribution >= 0.6 is 0 Å². The maximum Gasteiger partial charge on any atom is 0.270 e. The molecule has 1 amide bonds. The Kier molecular flexibility index (Phi) is 3.57. The van der Waals surface area contributed by atoms with Gasteiger partial charge in [-0.2, -0.15) is 5.10 Å². The van der Waals surface area contributed by atoms with Crippen LogP contribution in [0.1, 0.15) is 29.0 Å². The van der Waals surface area contributed by atoms with Crippen molar-refractivity contribution in [3.63, 3.8) is 0 Å². The van der Waals surface area contributed by atoms with Crippen molar-refractivity contribution < 1.29 is 4.79 Å². The first-order valence-corrected chi connectivity index (χ1v) is 5.65. The zero-order valence-corrected chi connectivity index (χ0v) is 10.3. The summed E-state index contributed by atoms with van der Waals surface area (Å²) in [6.07, 6.45) is 3.44. The number of H-pyrrole nitrogens is 1. The van der Waals surface area contributed by atoms with Gasteiger partial charge in [0.15, 0.2) is 0 Å². The summed E-state index contributed by atoms with van der Waals surface area (Å²) in [5.74, 6) is 0.458. The van der Waals surface area contributed by atoms with E-state index >= 15 is 0 Å². The van der Waals surface area contributed by atoms with Gasteiger partial charge in [-0.1, -0.05) is 6.07 Å². The standard InChI is InChI=1S/C12H15N5O/c1-8(9-6-14-15-7-9)16-12(18)10-4-3-5-11(13-2)17-10/h3-8H,1-2H3,(H,13,17)(H,14,15)(H,16,18). The second-order valence-corrected chi connectivity index (χ2v) is 3.88. The number of aromatic amines is 1. The van der Waals surface area contributed by atoms with Gasteiger partial charge in [0.1, 0.15) is 11.5 Å². The number of aromatic nitrogens is 3. The predicted molar refractivity (Wildman–Crippen MR) is 68.3 cm³/mol. The van der Waals surface area contributed by atoms with Crippen LogP contribution in [0.25, 0.3) is 0 Å². The zero-order chi connectivity index (χ0) is 13.0. The Balaban J connectivity index is 2.07. The molecule has 0 spiro atoms. The highest BCUT2D eigenvalue weighted by atomic mass is 16.1. The summed E-state index contributed by atoms with van der Waals surface area (Å²) in [4.78, 5) is 16.2. The van der Waals surface area contributed by atoms with E-state index in [4.69, 9.17) is 0 Å². The van der Waals surface area contributed by atoms with Crippen LogP contribution in [-0.2, 0) is 0 Å². The average molecular weight is 245 g/mol. The van der Waals surface area contributed by atoms with Crippen molar-refractivity contribution in [2.24, 2.45) is 0 Å². The first-order valence-electron chi connectivity index (χ1n) is 5.65. The van der Waals surface area contributed by atoms with Gasteiger partial charge in [0.25, 0.3) is 5.91 Å². The van der Waals surface area contributed by atoms with Gasteiger partial charge in [-0.25, -0.2) is 4.98 Å². The molecular weight excluding hydrogens is 230 g/mol. The largest absolute Gasteiger partial charge is 0.373 e. The quantitative estimate of drug-likeness (QED) is 0.759. The minimum absolute atomic E-state index is 0.115. The summed E-state index contributed by atoms with van der Waals surface area (Å²) in [7, 11) is 1.76. The van der Waals surface area contributed by atoms with Crippen molar-refractivity contribution >= 4 is 11.7 Å². The predicted octanol–water partition coefficient (Wildman–Crippen LogP) is 1.34. The smallest absolute Gasteiger partial charge is 0.270 e. The lowest BCUT2D eigenvalue weighted by atomic mass is 10.2. The van der Waals surface area contributed by atoms with Crippen molar-refractivity contribution in [1.29, 1.82) is 0 Å². The van der Waals surface area contributed by atoms with Crippen molar-refractivity contribution in [2.45, 2.75) is 13.0 Å². The molecule has 0 aliphatic heterocycles. The summed E-state index contributed by atoms with van der Waals surface area (Å²) in [5.41, 5.74) is 1.31. The summed E-state index contributed by atoms with van der Waals surface area (Å²) < 4.78 is 0. The number of nitrogens with zero attached hydrogens (tertiary/aromatic N) is 2. The van der Waals surface area contributed by atoms with Gasteiger partial charge < -0.3 is 10.6 Å². The first kappa shape index (κ1) is 12.1. The number of anilines is 1. The van der Waals surface area contributed by atoms with Gasteiger partial charge in [0.2, 0.25) is 0 Å². The number of carbonyl (C=O) groups excluding carboxylic acids is 1.